The summed E-state index contributed by atoms with van der Waals surface area (Å²) in [4.78, 5) is 7.26. The lowest BCUT2D eigenvalue weighted by Gasteiger charge is -2.34. The maximum Gasteiger partial charge on any atom is 0.191 e. The largest absolute Gasteiger partial charge is 0.364 e. The molecule has 0 spiro atoms. The first-order chi connectivity index (χ1) is 11.7. The number of likely N-dealkylation sites (tertiary alicyclic amines) is 1. The molecular formula is C18H34IN5O. The maximum atomic E-state index is 4.86. The number of aliphatic imine (C=N–C) groups is 1. The predicted octanol–water partition coefficient (Wildman–Crippen LogP) is 3.25. The Hall–Kier alpha value is -0.830. The Bertz CT molecular complexity index is 470. The van der Waals surface area contributed by atoms with Crippen molar-refractivity contribution < 1.29 is 4.52 Å². The Kier molecular flexibility index (Phi) is 11.1. The van der Waals surface area contributed by atoms with Gasteiger partial charge in [0.15, 0.2) is 5.96 Å². The first kappa shape index (κ1) is 22.2. The molecule has 7 heteroatoms. The van der Waals surface area contributed by atoms with Crippen molar-refractivity contribution in [2.75, 3.05) is 26.2 Å². The van der Waals surface area contributed by atoms with Crippen molar-refractivity contribution in [2.24, 2.45) is 10.9 Å². The third-order valence-corrected chi connectivity index (χ3v) is 4.59. The Morgan fingerprint density at radius 2 is 1.96 bits per heavy atom. The van der Waals surface area contributed by atoms with Crippen molar-refractivity contribution in [3.63, 3.8) is 0 Å². The van der Waals surface area contributed by atoms with E-state index in [0.717, 1.165) is 24.7 Å². The zero-order valence-electron chi connectivity index (χ0n) is 15.8. The number of aromatic nitrogens is 1. The van der Waals surface area contributed by atoms with Crippen molar-refractivity contribution >= 4 is 29.9 Å². The van der Waals surface area contributed by atoms with Crippen LogP contribution in [0.1, 0.15) is 52.1 Å². The maximum absolute atomic E-state index is 4.86. The summed E-state index contributed by atoms with van der Waals surface area (Å²) >= 11 is 0. The molecule has 1 aromatic rings. The second-order valence-corrected chi connectivity index (χ2v) is 6.83. The number of hydrogen-bond acceptors (Lipinski definition) is 4. The lowest BCUT2D eigenvalue weighted by atomic mass is 10.0. The van der Waals surface area contributed by atoms with Crippen LogP contribution in [0.15, 0.2) is 21.8 Å². The van der Waals surface area contributed by atoms with Gasteiger partial charge in [-0.1, -0.05) is 31.8 Å². The lowest BCUT2D eigenvalue weighted by Crippen LogP contribution is -2.49. The van der Waals surface area contributed by atoms with Crippen LogP contribution in [0.3, 0.4) is 0 Å². The number of hydrogen-bond donors (Lipinski definition) is 2. The molecule has 1 unspecified atom stereocenters. The molecule has 0 bridgehead atoms. The summed E-state index contributed by atoms with van der Waals surface area (Å²) in [5.74, 6) is 1.47. The average Bonchev–Trinajstić information content (AvgIpc) is 2.94. The van der Waals surface area contributed by atoms with Crippen molar-refractivity contribution in [1.29, 1.82) is 0 Å². The van der Waals surface area contributed by atoms with Crippen LogP contribution in [0.2, 0.25) is 0 Å². The van der Waals surface area contributed by atoms with E-state index in [4.69, 9.17) is 4.52 Å². The molecule has 1 aliphatic rings. The minimum Gasteiger partial charge on any atom is -0.364 e. The molecule has 2 heterocycles. The number of rotatable bonds is 7. The van der Waals surface area contributed by atoms with Gasteiger partial charge in [-0.05, 0) is 38.8 Å². The van der Waals surface area contributed by atoms with Gasteiger partial charge in [-0.3, -0.25) is 4.90 Å². The standard InChI is InChI=1S/C18H33N5O.HI/c1-4-19-18(20-13-16-9-12-24-22-16)21-14-17(15(2)3)23-10-7-5-6-8-11-23;/h9,12,15,17H,4-8,10-11,13-14H2,1-3H3,(H2,19,20,21);1H. The van der Waals surface area contributed by atoms with Gasteiger partial charge in [-0.25, -0.2) is 4.99 Å². The van der Waals surface area contributed by atoms with Gasteiger partial charge in [0.05, 0.1) is 6.54 Å². The molecule has 6 nitrogen and oxygen atoms in total. The van der Waals surface area contributed by atoms with Gasteiger partial charge < -0.3 is 15.2 Å². The summed E-state index contributed by atoms with van der Waals surface area (Å²) in [5.41, 5.74) is 0.847. The molecule has 1 aliphatic heterocycles. The molecule has 2 N–H and O–H groups in total. The number of guanidine groups is 1. The summed E-state index contributed by atoms with van der Waals surface area (Å²) < 4.78 is 4.86. The van der Waals surface area contributed by atoms with Crippen molar-refractivity contribution in [2.45, 2.75) is 59.0 Å². The van der Waals surface area contributed by atoms with Crippen LogP contribution >= 0.6 is 24.0 Å². The molecule has 1 aromatic heterocycles. The van der Waals surface area contributed by atoms with E-state index >= 15 is 0 Å². The molecule has 0 amide bonds. The molecule has 0 saturated carbocycles. The predicted molar refractivity (Wildman–Crippen MR) is 113 cm³/mol. The molecule has 1 atom stereocenters. The van der Waals surface area contributed by atoms with Gasteiger partial charge in [-0.15, -0.1) is 24.0 Å². The Morgan fingerprint density at radius 3 is 2.52 bits per heavy atom. The van der Waals surface area contributed by atoms with Crippen molar-refractivity contribution in [3.05, 3.63) is 18.0 Å². The Morgan fingerprint density at radius 1 is 1.24 bits per heavy atom. The molecule has 1 saturated heterocycles. The quantitative estimate of drug-likeness (QED) is 0.369. The van der Waals surface area contributed by atoms with E-state index < -0.39 is 0 Å². The molecular weight excluding hydrogens is 429 g/mol. The zero-order valence-corrected chi connectivity index (χ0v) is 18.2. The molecule has 0 aromatic carbocycles. The van der Waals surface area contributed by atoms with Gasteiger partial charge in [0.25, 0.3) is 0 Å². The van der Waals surface area contributed by atoms with E-state index in [9.17, 15) is 0 Å². The zero-order chi connectivity index (χ0) is 17.2. The summed E-state index contributed by atoms with van der Waals surface area (Å²) in [7, 11) is 0. The van der Waals surface area contributed by atoms with Crippen LogP contribution in [0.4, 0.5) is 0 Å². The number of halogens is 1. The van der Waals surface area contributed by atoms with E-state index in [-0.39, 0.29) is 24.0 Å². The molecule has 1 fully saturated rings. The van der Waals surface area contributed by atoms with Crippen LogP contribution < -0.4 is 10.6 Å². The van der Waals surface area contributed by atoms with Gasteiger partial charge >= 0.3 is 0 Å². The van der Waals surface area contributed by atoms with E-state index in [1.807, 2.05) is 6.07 Å². The van der Waals surface area contributed by atoms with Gasteiger partial charge in [0.1, 0.15) is 12.0 Å². The van der Waals surface area contributed by atoms with Crippen molar-refractivity contribution in [1.82, 2.24) is 20.7 Å². The third kappa shape index (κ3) is 7.94. The highest BCUT2D eigenvalue weighted by atomic mass is 127. The molecule has 0 radical (unpaired) electrons. The highest BCUT2D eigenvalue weighted by Gasteiger charge is 2.22. The van der Waals surface area contributed by atoms with Crippen LogP contribution in [0.5, 0.6) is 0 Å². The molecule has 25 heavy (non-hydrogen) atoms. The van der Waals surface area contributed by atoms with Crippen LogP contribution in [-0.4, -0.2) is 48.2 Å². The summed E-state index contributed by atoms with van der Waals surface area (Å²) in [6, 6.07) is 2.39. The van der Waals surface area contributed by atoms with E-state index in [0.29, 0.717) is 18.5 Å². The summed E-state index contributed by atoms with van der Waals surface area (Å²) in [6.07, 6.45) is 6.97. The highest BCUT2D eigenvalue weighted by molar-refractivity contribution is 14.0. The molecule has 144 valence electrons. The van der Waals surface area contributed by atoms with E-state index in [2.05, 4.69) is 46.5 Å². The van der Waals surface area contributed by atoms with Gasteiger partial charge in [-0.2, -0.15) is 0 Å². The minimum atomic E-state index is 0. The van der Waals surface area contributed by atoms with Crippen LogP contribution in [-0.2, 0) is 6.54 Å². The van der Waals surface area contributed by atoms with Crippen molar-refractivity contribution in [3.8, 4) is 0 Å². The summed E-state index contributed by atoms with van der Waals surface area (Å²) in [6.45, 7) is 11.5. The monoisotopic (exact) mass is 463 g/mol. The third-order valence-electron chi connectivity index (χ3n) is 4.59. The van der Waals surface area contributed by atoms with E-state index in [1.54, 1.807) is 6.26 Å². The Labute approximate surface area is 169 Å². The van der Waals surface area contributed by atoms with E-state index in [1.165, 1.54) is 38.8 Å². The highest BCUT2D eigenvalue weighted by Crippen LogP contribution is 2.17. The second-order valence-electron chi connectivity index (χ2n) is 6.83. The SMILES string of the molecule is CCNC(=NCc1ccon1)NCC(C(C)C)N1CCCCCC1.I. The fourth-order valence-corrected chi connectivity index (χ4v) is 3.24. The normalized spacial score (nSPS) is 17.7. The smallest absolute Gasteiger partial charge is 0.191 e. The average molecular weight is 463 g/mol. The van der Waals surface area contributed by atoms with Gasteiger partial charge in [0.2, 0.25) is 0 Å². The van der Waals surface area contributed by atoms with Gasteiger partial charge in [0, 0.05) is 25.2 Å². The van der Waals surface area contributed by atoms with Crippen LogP contribution in [0.25, 0.3) is 0 Å². The second kappa shape index (κ2) is 12.5. The molecule has 2 rings (SSSR count). The Balaban J connectivity index is 0.00000312. The topological polar surface area (TPSA) is 65.7 Å². The first-order valence-corrected chi connectivity index (χ1v) is 9.36. The molecule has 0 aliphatic carbocycles. The summed E-state index contributed by atoms with van der Waals surface area (Å²) in [5, 5.41) is 10.7. The number of nitrogens with zero attached hydrogens (tertiary/aromatic N) is 3. The fourth-order valence-electron chi connectivity index (χ4n) is 3.24. The lowest BCUT2D eigenvalue weighted by molar-refractivity contribution is 0.161. The fraction of sp³-hybridized carbons (Fsp3) is 0.778. The van der Waals surface area contributed by atoms with Crippen LogP contribution in [0, 0.1) is 5.92 Å². The number of nitrogens with one attached hydrogen (secondary N) is 2. The first-order valence-electron chi connectivity index (χ1n) is 9.36. The minimum absolute atomic E-state index is 0.